The first kappa shape index (κ1) is 22.3. The molecular weight excluding hydrogens is 472 g/mol. The van der Waals surface area contributed by atoms with E-state index in [4.69, 9.17) is 21.1 Å². The molecular formula is C25H21ClN4O3S. The van der Waals surface area contributed by atoms with E-state index in [-0.39, 0.29) is 12.7 Å². The average Bonchev–Trinajstić information content (AvgIpc) is 3.50. The van der Waals surface area contributed by atoms with Gasteiger partial charge in [-0.2, -0.15) is 0 Å². The van der Waals surface area contributed by atoms with Gasteiger partial charge < -0.3 is 14.8 Å². The van der Waals surface area contributed by atoms with Crippen molar-refractivity contribution in [2.24, 2.45) is 0 Å². The first-order valence-corrected chi connectivity index (χ1v) is 11.9. The molecule has 0 spiro atoms. The van der Waals surface area contributed by atoms with Crippen LogP contribution >= 0.6 is 23.4 Å². The van der Waals surface area contributed by atoms with Crippen molar-refractivity contribution >= 4 is 29.3 Å². The van der Waals surface area contributed by atoms with Gasteiger partial charge >= 0.3 is 0 Å². The van der Waals surface area contributed by atoms with E-state index in [1.54, 1.807) is 0 Å². The number of aromatic nitrogens is 3. The largest absolute Gasteiger partial charge is 0.454 e. The lowest BCUT2D eigenvalue weighted by Crippen LogP contribution is -2.30. The summed E-state index contributed by atoms with van der Waals surface area (Å²) in [4.78, 5) is 12.9. The Balaban J connectivity index is 1.34. The molecule has 1 aliphatic rings. The third-order valence-corrected chi connectivity index (χ3v) is 6.60. The van der Waals surface area contributed by atoms with Crippen LogP contribution in [0.5, 0.6) is 11.5 Å². The van der Waals surface area contributed by atoms with Gasteiger partial charge in [-0.25, -0.2) is 0 Å². The second kappa shape index (κ2) is 9.79. The first-order chi connectivity index (χ1) is 16.6. The van der Waals surface area contributed by atoms with Crippen LogP contribution in [0.25, 0.3) is 17.1 Å². The molecule has 1 aromatic heterocycles. The Morgan fingerprint density at radius 2 is 1.82 bits per heavy atom. The molecule has 4 aromatic rings. The molecule has 1 amide bonds. The number of amides is 1. The lowest BCUT2D eigenvalue weighted by molar-refractivity contribution is -0.120. The van der Waals surface area contributed by atoms with Crippen molar-refractivity contribution in [2.45, 2.75) is 23.9 Å². The zero-order valence-electron chi connectivity index (χ0n) is 18.3. The third kappa shape index (κ3) is 4.73. The summed E-state index contributed by atoms with van der Waals surface area (Å²) < 4.78 is 12.7. The minimum Gasteiger partial charge on any atom is -0.454 e. The minimum atomic E-state index is -0.390. The fourth-order valence-electron chi connectivity index (χ4n) is 3.54. The van der Waals surface area contributed by atoms with E-state index in [2.05, 4.69) is 15.5 Å². The molecule has 3 aromatic carbocycles. The van der Waals surface area contributed by atoms with Crippen LogP contribution in [0.4, 0.5) is 0 Å². The molecule has 0 aliphatic carbocycles. The number of nitrogens with one attached hydrogen (secondary N) is 1. The fraction of sp³-hybridized carbons (Fsp3) is 0.160. The molecule has 0 bridgehead atoms. The van der Waals surface area contributed by atoms with Crippen LogP contribution in [-0.2, 0) is 11.3 Å². The van der Waals surface area contributed by atoms with Gasteiger partial charge in [0.1, 0.15) is 0 Å². The molecule has 1 N–H and O–H groups in total. The van der Waals surface area contributed by atoms with Gasteiger partial charge in [-0.15, -0.1) is 10.2 Å². The molecule has 5 rings (SSSR count). The zero-order valence-corrected chi connectivity index (χ0v) is 19.8. The van der Waals surface area contributed by atoms with Crippen molar-refractivity contribution < 1.29 is 14.3 Å². The molecule has 2 heterocycles. The Hall–Kier alpha value is -3.49. The van der Waals surface area contributed by atoms with Crippen molar-refractivity contribution in [3.8, 4) is 28.6 Å². The number of halogens is 1. The first-order valence-electron chi connectivity index (χ1n) is 10.7. The van der Waals surface area contributed by atoms with Gasteiger partial charge in [0.25, 0.3) is 0 Å². The van der Waals surface area contributed by atoms with Gasteiger partial charge in [-0.3, -0.25) is 9.36 Å². The van der Waals surface area contributed by atoms with Crippen LogP contribution < -0.4 is 14.8 Å². The van der Waals surface area contributed by atoms with Crippen molar-refractivity contribution in [2.75, 3.05) is 6.79 Å². The monoisotopic (exact) mass is 492 g/mol. The molecule has 0 saturated heterocycles. The number of nitrogens with zero attached hydrogens (tertiary/aromatic N) is 3. The van der Waals surface area contributed by atoms with Crippen LogP contribution in [0, 0.1) is 0 Å². The highest BCUT2D eigenvalue weighted by molar-refractivity contribution is 8.00. The summed E-state index contributed by atoms with van der Waals surface area (Å²) in [5, 5.41) is 12.7. The lowest BCUT2D eigenvalue weighted by Gasteiger charge is -2.14. The predicted molar refractivity (Wildman–Crippen MR) is 132 cm³/mol. The normalized spacial score (nSPS) is 13.0. The van der Waals surface area contributed by atoms with Gasteiger partial charge in [-0.1, -0.05) is 47.6 Å². The average molecular weight is 493 g/mol. The number of para-hydroxylation sites is 1. The smallest absolute Gasteiger partial charge is 0.233 e. The highest BCUT2D eigenvalue weighted by Gasteiger charge is 2.22. The molecule has 1 aliphatic heterocycles. The van der Waals surface area contributed by atoms with Gasteiger partial charge in [-0.05, 0) is 61.0 Å². The summed E-state index contributed by atoms with van der Waals surface area (Å²) in [5.74, 6) is 1.99. The predicted octanol–water partition coefficient (Wildman–Crippen LogP) is 5.11. The van der Waals surface area contributed by atoms with Crippen molar-refractivity contribution in [1.82, 2.24) is 20.1 Å². The van der Waals surface area contributed by atoms with Crippen LogP contribution in [0.2, 0.25) is 5.02 Å². The molecule has 0 fully saturated rings. The molecule has 172 valence electrons. The third-order valence-electron chi connectivity index (χ3n) is 5.31. The van der Waals surface area contributed by atoms with Gasteiger partial charge in [0.05, 0.1) is 5.25 Å². The number of ether oxygens (including phenoxy) is 2. The molecule has 34 heavy (non-hydrogen) atoms. The summed E-state index contributed by atoms with van der Waals surface area (Å²) >= 11 is 7.42. The Bertz CT molecular complexity index is 1310. The van der Waals surface area contributed by atoms with E-state index in [0.717, 1.165) is 22.6 Å². The quantitative estimate of drug-likeness (QED) is 0.361. The van der Waals surface area contributed by atoms with E-state index in [0.29, 0.717) is 28.3 Å². The molecule has 9 heteroatoms. The van der Waals surface area contributed by atoms with Gasteiger partial charge in [0, 0.05) is 22.8 Å². The number of benzene rings is 3. The second-order valence-electron chi connectivity index (χ2n) is 7.65. The summed E-state index contributed by atoms with van der Waals surface area (Å²) in [6, 6.07) is 22.9. The number of carbonyl (C=O) groups excluding carboxylic acids is 1. The number of hydrogen-bond donors (Lipinski definition) is 1. The van der Waals surface area contributed by atoms with E-state index in [1.807, 2.05) is 84.3 Å². The summed E-state index contributed by atoms with van der Waals surface area (Å²) in [6.45, 7) is 2.46. The van der Waals surface area contributed by atoms with Crippen LogP contribution in [0.3, 0.4) is 0 Å². The SMILES string of the molecule is CC(Sc1nnc(-c2ccc(Cl)cc2)n1-c1ccccc1)C(=O)NCc1ccc2c(c1)OCO2. The molecule has 7 nitrogen and oxygen atoms in total. The Morgan fingerprint density at radius 1 is 1.06 bits per heavy atom. The van der Waals surface area contributed by atoms with E-state index in [1.165, 1.54) is 11.8 Å². The number of thioether (sulfide) groups is 1. The zero-order chi connectivity index (χ0) is 23.5. The maximum atomic E-state index is 12.9. The number of hydrogen-bond acceptors (Lipinski definition) is 6. The standard InChI is InChI=1S/C25H21ClN4O3S/c1-16(24(31)27-14-17-7-12-21-22(13-17)33-15-32-21)34-25-29-28-23(18-8-10-19(26)11-9-18)30(25)20-5-3-2-4-6-20/h2-13,16H,14-15H2,1H3,(H,27,31). The highest BCUT2D eigenvalue weighted by atomic mass is 35.5. The molecule has 1 atom stereocenters. The summed E-state index contributed by atoms with van der Waals surface area (Å²) in [7, 11) is 0. The van der Waals surface area contributed by atoms with Crippen molar-refractivity contribution in [1.29, 1.82) is 0 Å². The number of carbonyl (C=O) groups is 1. The Morgan fingerprint density at radius 3 is 2.62 bits per heavy atom. The van der Waals surface area contributed by atoms with Crippen LogP contribution in [0.1, 0.15) is 12.5 Å². The minimum absolute atomic E-state index is 0.0988. The van der Waals surface area contributed by atoms with Gasteiger partial charge in [0.2, 0.25) is 12.7 Å². The summed E-state index contributed by atoms with van der Waals surface area (Å²) in [6.07, 6.45) is 0. The fourth-order valence-corrected chi connectivity index (χ4v) is 4.56. The van der Waals surface area contributed by atoms with Gasteiger partial charge in [0.15, 0.2) is 22.5 Å². The molecule has 0 radical (unpaired) electrons. The highest BCUT2D eigenvalue weighted by Crippen LogP contribution is 2.33. The van der Waals surface area contributed by atoms with E-state index < -0.39 is 5.25 Å². The van der Waals surface area contributed by atoms with Crippen LogP contribution in [-0.4, -0.2) is 32.7 Å². The number of rotatable bonds is 7. The Kier molecular flexibility index (Phi) is 6.42. The molecule has 0 saturated carbocycles. The second-order valence-corrected chi connectivity index (χ2v) is 9.39. The maximum absolute atomic E-state index is 12.9. The summed E-state index contributed by atoms with van der Waals surface area (Å²) in [5.41, 5.74) is 2.73. The van der Waals surface area contributed by atoms with Crippen LogP contribution in [0.15, 0.2) is 78.0 Å². The van der Waals surface area contributed by atoms with E-state index in [9.17, 15) is 4.79 Å². The number of fused-ring (bicyclic) bond motifs is 1. The van der Waals surface area contributed by atoms with E-state index >= 15 is 0 Å². The lowest BCUT2D eigenvalue weighted by atomic mass is 10.2. The Labute approximate surface area is 206 Å². The van der Waals surface area contributed by atoms with Crippen molar-refractivity contribution in [3.05, 3.63) is 83.4 Å². The van der Waals surface area contributed by atoms with Crippen molar-refractivity contribution in [3.63, 3.8) is 0 Å². The molecule has 1 unspecified atom stereocenters. The maximum Gasteiger partial charge on any atom is 0.233 e. The topological polar surface area (TPSA) is 78.3 Å².